The monoisotopic (exact) mass is 426 g/mol. The number of rotatable bonds is 5. The number of aryl methyl sites for hydroxylation is 2. The van der Waals surface area contributed by atoms with Crippen LogP contribution in [0.4, 0.5) is 4.39 Å². The Labute approximate surface area is 166 Å². The number of benzene rings is 2. The van der Waals surface area contributed by atoms with Gasteiger partial charge in [0.25, 0.3) is 0 Å². The third kappa shape index (κ3) is 4.42. The van der Waals surface area contributed by atoms with E-state index < -0.39 is 5.95 Å². The molecule has 1 N–H and O–H groups in total. The van der Waals surface area contributed by atoms with E-state index >= 15 is 0 Å². The average Bonchev–Trinajstić information content (AvgIpc) is 2.67. The van der Waals surface area contributed by atoms with Gasteiger partial charge < -0.3 is 5.21 Å². The minimum absolute atomic E-state index is 0.0270. The number of hydrogen-bond acceptors (Lipinski definition) is 3. The quantitative estimate of drug-likeness (QED) is 0.235. The van der Waals surface area contributed by atoms with E-state index in [0.717, 1.165) is 26.7 Å². The fraction of sp³-hybridized carbons (Fsp3) is 0.182. The standard InChI is InChI=1S/C22H20BrFN2O/c1-14-5-3-4-6-18(14)20(16-7-9-17(23)10-8-16)11-21(26-27)19-12-22(24)25-13-15(19)2/h3-10,12-13,20,27H,11H2,1-2H3/b26-21+. The van der Waals surface area contributed by atoms with Gasteiger partial charge in [-0.3, -0.25) is 0 Å². The Morgan fingerprint density at radius 2 is 1.81 bits per heavy atom. The SMILES string of the molecule is Cc1cnc(F)cc1/C(CC(c1ccc(Br)cc1)c1ccccc1C)=N/O. The van der Waals surface area contributed by atoms with Gasteiger partial charge in [-0.15, -0.1) is 0 Å². The van der Waals surface area contributed by atoms with Crippen molar-refractivity contribution >= 4 is 21.6 Å². The molecule has 0 saturated heterocycles. The molecule has 0 aliphatic carbocycles. The van der Waals surface area contributed by atoms with Crippen molar-refractivity contribution < 1.29 is 9.60 Å². The number of hydrogen-bond donors (Lipinski definition) is 1. The van der Waals surface area contributed by atoms with Gasteiger partial charge in [-0.2, -0.15) is 4.39 Å². The summed E-state index contributed by atoms with van der Waals surface area (Å²) in [6, 6.07) is 17.6. The van der Waals surface area contributed by atoms with Crippen LogP contribution in [0.5, 0.6) is 0 Å². The van der Waals surface area contributed by atoms with Gasteiger partial charge in [0.15, 0.2) is 0 Å². The van der Waals surface area contributed by atoms with Crippen LogP contribution < -0.4 is 0 Å². The summed E-state index contributed by atoms with van der Waals surface area (Å²) in [6.07, 6.45) is 1.89. The first-order chi connectivity index (χ1) is 13.0. The van der Waals surface area contributed by atoms with Gasteiger partial charge in [-0.25, -0.2) is 4.98 Å². The van der Waals surface area contributed by atoms with Crippen molar-refractivity contribution in [2.75, 3.05) is 0 Å². The van der Waals surface area contributed by atoms with Crippen LogP contribution in [0.15, 0.2) is 70.4 Å². The van der Waals surface area contributed by atoms with Gasteiger partial charge in [0.1, 0.15) is 0 Å². The molecule has 2 aromatic carbocycles. The number of halogens is 2. The van der Waals surface area contributed by atoms with Gasteiger partial charge in [0, 0.05) is 34.6 Å². The Balaban J connectivity index is 2.06. The molecule has 0 aliphatic heterocycles. The lowest BCUT2D eigenvalue weighted by Gasteiger charge is -2.21. The van der Waals surface area contributed by atoms with Crippen LogP contribution >= 0.6 is 15.9 Å². The van der Waals surface area contributed by atoms with Crippen molar-refractivity contribution in [1.82, 2.24) is 4.98 Å². The van der Waals surface area contributed by atoms with Gasteiger partial charge >= 0.3 is 0 Å². The highest BCUT2D eigenvalue weighted by molar-refractivity contribution is 9.10. The minimum Gasteiger partial charge on any atom is -0.411 e. The molecule has 1 atom stereocenters. The van der Waals surface area contributed by atoms with Crippen molar-refractivity contribution in [3.63, 3.8) is 0 Å². The van der Waals surface area contributed by atoms with E-state index in [1.165, 1.54) is 12.3 Å². The first-order valence-corrected chi connectivity index (χ1v) is 9.43. The zero-order chi connectivity index (χ0) is 19.4. The molecule has 0 aliphatic rings. The third-order valence-corrected chi connectivity index (χ3v) is 5.26. The summed E-state index contributed by atoms with van der Waals surface area (Å²) in [5.41, 5.74) is 5.17. The molecule has 1 heterocycles. The highest BCUT2D eigenvalue weighted by Crippen LogP contribution is 2.33. The van der Waals surface area contributed by atoms with E-state index in [2.05, 4.69) is 57.3 Å². The summed E-state index contributed by atoms with van der Waals surface area (Å²) in [4.78, 5) is 3.67. The Bertz CT molecular complexity index is 970. The van der Waals surface area contributed by atoms with Crippen LogP contribution in [0, 0.1) is 19.8 Å². The summed E-state index contributed by atoms with van der Waals surface area (Å²) in [5.74, 6) is -0.617. The van der Waals surface area contributed by atoms with Crippen LogP contribution in [0.2, 0.25) is 0 Å². The maximum absolute atomic E-state index is 13.7. The zero-order valence-electron chi connectivity index (χ0n) is 15.2. The van der Waals surface area contributed by atoms with Crippen molar-refractivity contribution in [3.8, 4) is 0 Å². The first-order valence-electron chi connectivity index (χ1n) is 8.64. The smallest absolute Gasteiger partial charge is 0.213 e. The van der Waals surface area contributed by atoms with Crippen LogP contribution in [0.3, 0.4) is 0 Å². The predicted molar refractivity (Wildman–Crippen MR) is 109 cm³/mol. The van der Waals surface area contributed by atoms with E-state index in [-0.39, 0.29) is 5.92 Å². The highest BCUT2D eigenvalue weighted by Gasteiger charge is 2.21. The van der Waals surface area contributed by atoms with Crippen molar-refractivity contribution in [2.24, 2.45) is 5.16 Å². The summed E-state index contributed by atoms with van der Waals surface area (Å²) in [7, 11) is 0. The molecule has 0 saturated carbocycles. The van der Waals surface area contributed by atoms with Gasteiger partial charge in [-0.1, -0.05) is 57.5 Å². The van der Waals surface area contributed by atoms with Crippen molar-refractivity contribution in [2.45, 2.75) is 26.2 Å². The average molecular weight is 427 g/mol. The molecule has 27 heavy (non-hydrogen) atoms. The lowest BCUT2D eigenvalue weighted by molar-refractivity contribution is 0.317. The maximum atomic E-state index is 13.7. The van der Waals surface area contributed by atoms with E-state index in [1.807, 2.05) is 31.2 Å². The fourth-order valence-corrected chi connectivity index (χ4v) is 3.55. The maximum Gasteiger partial charge on any atom is 0.213 e. The fourth-order valence-electron chi connectivity index (χ4n) is 3.29. The molecule has 1 aromatic heterocycles. The number of aromatic nitrogens is 1. The summed E-state index contributed by atoms with van der Waals surface area (Å²) >= 11 is 3.47. The molecule has 0 bridgehead atoms. The molecular formula is C22H20BrFN2O. The molecule has 0 fully saturated rings. The number of nitrogens with zero attached hydrogens (tertiary/aromatic N) is 2. The van der Waals surface area contributed by atoms with Gasteiger partial charge in [-0.05, 0) is 48.2 Å². The second-order valence-corrected chi connectivity index (χ2v) is 7.45. The lowest BCUT2D eigenvalue weighted by Crippen LogP contribution is -2.13. The van der Waals surface area contributed by atoms with Gasteiger partial charge in [0.2, 0.25) is 5.95 Å². The molecule has 138 valence electrons. The molecule has 0 radical (unpaired) electrons. The Hall–Kier alpha value is -2.53. The van der Waals surface area contributed by atoms with Crippen LogP contribution in [-0.2, 0) is 0 Å². The van der Waals surface area contributed by atoms with Crippen LogP contribution in [0.1, 0.15) is 40.2 Å². The van der Waals surface area contributed by atoms with E-state index in [1.54, 1.807) is 0 Å². The second-order valence-electron chi connectivity index (χ2n) is 6.53. The summed E-state index contributed by atoms with van der Waals surface area (Å²) in [6.45, 7) is 3.89. The normalized spacial score (nSPS) is 12.8. The summed E-state index contributed by atoms with van der Waals surface area (Å²) < 4.78 is 14.7. The predicted octanol–water partition coefficient (Wildman–Crippen LogP) is 6.00. The molecular weight excluding hydrogens is 407 g/mol. The van der Waals surface area contributed by atoms with Gasteiger partial charge in [0.05, 0.1) is 5.71 Å². The lowest BCUT2D eigenvalue weighted by atomic mass is 9.83. The topological polar surface area (TPSA) is 45.5 Å². The first kappa shape index (κ1) is 19.2. The van der Waals surface area contributed by atoms with Crippen molar-refractivity contribution in [1.29, 1.82) is 0 Å². The zero-order valence-corrected chi connectivity index (χ0v) is 16.7. The van der Waals surface area contributed by atoms with E-state index in [4.69, 9.17) is 0 Å². The van der Waals surface area contributed by atoms with E-state index in [9.17, 15) is 9.60 Å². The Morgan fingerprint density at radius 3 is 2.48 bits per heavy atom. The second kappa shape index (κ2) is 8.44. The molecule has 1 unspecified atom stereocenters. The number of pyridine rings is 1. The van der Waals surface area contributed by atoms with E-state index in [0.29, 0.717) is 17.7 Å². The Kier molecular flexibility index (Phi) is 6.01. The third-order valence-electron chi connectivity index (χ3n) is 4.74. The molecule has 3 nitrogen and oxygen atoms in total. The molecule has 3 rings (SSSR count). The molecule has 0 amide bonds. The highest BCUT2D eigenvalue weighted by atomic mass is 79.9. The van der Waals surface area contributed by atoms with Crippen LogP contribution in [-0.4, -0.2) is 15.9 Å². The molecule has 3 aromatic rings. The number of oxime groups is 1. The molecule has 0 spiro atoms. The minimum atomic E-state index is -0.590. The largest absolute Gasteiger partial charge is 0.411 e. The Morgan fingerprint density at radius 1 is 1.11 bits per heavy atom. The summed E-state index contributed by atoms with van der Waals surface area (Å²) in [5, 5.41) is 13.2. The van der Waals surface area contributed by atoms with Crippen LogP contribution in [0.25, 0.3) is 0 Å². The van der Waals surface area contributed by atoms with Crippen molar-refractivity contribution in [3.05, 3.63) is 99.0 Å². The molecule has 5 heteroatoms.